The van der Waals surface area contributed by atoms with Crippen LogP contribution in [-0.2, 0) is 16.6 Å². The predicted molar refractivity (Wildman–Crippen MR) is 134 cm³/mol. The lowest BCUT2D eigenvalue weighted by molar-refractivity contribution is -0.123. The topological polar surface area (TPSA) is 117 Å². The number of Topliss-reactive ketones (excluding diaryl/α,β-unsaturated/α-hetero) is 1. The van der Waals surface area contributed by atoms with Crippen molar-refractivity contribution in [2.45, 2.75) is 77.9 Å². The first-order valence-corrected chi connectivity index (χ1v) is 11.7. The van der Waals surface area contributed by atoms with Crippen LogP contribution in [0, 0.1) is 0 Å². The number of ketones is 1. The molecule has 35 heavy (non-hydrogen) atoms. The third-order valence-electron chi connectivity index (χ3n) is 6.94. The summed E-state index contributed by atoms with van der Waals surface area (Å²) in [6, 6.07) is 1.32. The minimum atomic E-state index is -1.37. The number of fused-ring (bicyclic) bond motifs is 4. The maximum Gasteiger partial charge on any atom is 0.208 e. The Kier molecular flexibility index (Phi) is 5.96. The van der Waals surface area contributed by atoms with Gasteiger partial charge in [0.05, 0.1) is 17.1 Å². The lowest BCUT2D eigenvalue weighted by Gasteiger charge is -2.38. The monoisotopic (exact) mass is 480 g/mol. The molecule has 2 aliphatic rings. The minimum absolute atomic E-state index is 0.0777. The molecule has 0 bridgehead atoms. The second-order valence-corrected chi connectivity index (χ2v) is 10.6. The Morgan fingerprint density at radius 3 is 2.26 bits per heavy atom. The zero-order valence-corrected chi connectivity index (χ0v) is 21.0. The standard InChI is InChI=1S/C28H32O7/c1-14(2)7-9-28(10-8-15(3)4)23-20(13-18(30)26(28)33)34-19-12-17(29)16-11-21(31)27(5,6)35-25(16)22(19)24(23)32/h7-8,12-13,21,29-31H,9-11H2,1-6H3/t21-/m0/s1. The van der Waals surface area contributed by atoms with Crippen LogP contribution in [0.25, 0.3) is 17.0 Å². The summed E-state index contributed by atoms with van der Waals surface area (Å²) in [5.74, 6) is -0.955. The van der Waals surface area contributed by atoms with Crippen molar-refractivity contribution < 1.29 is 29.3 Å². The molecule has 186 valence electrons. The van der Waals surface area contributed by atoms with Crippen LogP contribution in [0.4, 0.5) is 0 Å². The molecule has 1 aliphatic carbocycles. The summed E-state index contributed by atoms with van der Waals surface area (Å²) < 4.78 is 12.1. The number of phenols is 1. The number of aliphatic hydroxyl groups is 2. The molecule has 0 saturated carbocycles. The molecule has 7 heteroatoms. The molecule has 0 saturated heterocycles. The van der Waals surface area contributed by atoms with Gasteiger partial charge in [-0.1, -0.05) is 23.3 Å². The number of aliphatic hydroxyl groups excluding tert-OH is 2. The first-order chi connectivity index (χ1) is 16.3. The number of allylic oxidation sites excluding steroid dienone is 5. The van der Waals surface area contributed by atoms with Gasteiger partial charge < -0.3 is 24.5 Å². The second-order valence-electron chi connectivity index (χ2n) is 10.6. The molecule has 0 radical (unpaired) electrons. The van der Waals surface area contributed by atoms with Crippen molar-refractivity contribution in [3.8, 4) is 11.5 Å². The summed E-state index contributed by atoms with van der Waals surface area (Å²) in [4.78, 5) is 27.8. The molecule has 0 unspecified atom stereocenters. The van der Waals surface area contributed by atoms with Crippen molar-refractivity contribution in [1.82, 2.24) is 0 Å². The maximum atomic E-state index is 14.2. The highest BCUT2D eigenvalue weighted by atomic mass is 16.5. The summed E-state index contributed by atoms with van der Waals surface area (Å²) in [7, 11) is 0. The fraction of sp³-hybridized carbons (Fsp3) is 0.429. The third kappa shape index (κ3) is 3.97. The Balaban J connectivity index is 2.13. The Hall–Kier alpha value is -3.32. The third-order valence-corrected chi connectivity index (χ3v) is 6.94. The molecule has 1 aromatic heterocycles. The van der Waals surface area contributed by atoms with Crippen molar-refractivity contribution in [1.29, 1.82) is 0 Å². The molecule has 0 spiro atoms. The van der Waals surface area contributed by atoms with Crippen LogP contribution >= 0.6 is 0 Å². The summed E-state index contributed by atoms with van der Waals surface area (Å²) in [5, 5.41) is 31.9. The van der Waals surface area contributed by atoms with Crippen LogP contribution in [0.15, 0.2) is 44.3 Å². The average Bonchev–Trinajstić information content (AvgIpc) is 2.74. The average molecular weight is 481 g/mol. The molecule has 2 heterocycles. The van der Waals surface area contributed by atoms with E-state index < -0.39 is 34.1 Å². The van der Waals surface area contributed by atoms with Gasteiger partial charge >= 0.3 is 0 Å². The van der Waals surface area contributed by atoms with E-state index in [1.807, 2.05) is 39.8 Å². The first-order valence-electron chi connectivity index (χ1n) is 11.7. The maximum absolute atomic E-state index is 14.2. The number of hydrogen-bond donors (Lipinski definition) is 3. The van der Waals surface area contributed by atoms with Crippen molar-refractivity contribution in [2.75, 3.05) is 0 Å². The summed E-state index contributed by atoms with van der Waals surface area (Å²) >= 11 is 0. The van der Waals surface area contributed by atoms with Gasteiger partial charge in [0, 0.05) is 24.1 Å². The summed E-state index contributed by atoms with van der Waals surface area (Å²) in [6.45, 7) is 11.0. The Labute approximate surface area is 204 Å². The Morgan fingerprint density at radius 1 is 1.09 bits per heavy atom. The van der Waals surface area contributed by atoms with Crippen LogP contribution in [0.3, 0.4) is 0 Å². The van der Waals surface area contributed by atoms with E-state index in [4.69, 9.17) is 9.15 Å². The predicted octanol–water partition coefficient (Wildman–Crippen LogP) is 5.01. The van der Waals surface area contributed by atoms with E-state index in [1.54, 1.807) is 13.8 Å². The van der Waals surface area contributed by atoms with E-state index in [2.05, 4.69) is 0 Å². The van der Waals surface area contributed by atoms with Crippen LogP contribution in [0.2, 0.25) is 0 Å². The van der Waals surface area contributed by atoms with Crippen molar-refractivity contribution in [3.63, 3.8) is 0 Å². The van der Waals surface area contributed by atoms with Gasteiger partial charge in [-0.05, 0) is 54.4 Å². The van der Waals surface area contributed by atoms with Gasteiger partial charge in [0.2, 0.25) is 11.2 Å². The lowest BCUT2D eigenvalue weighted by atomic mass is 9.67. The van der Waals surface area contributed by atoms with Crippen molar-refractivity contribution in [2.24, 2.45) is 0 Å². The number of aromatic hydroxyl groups is 1. The number of ether oxygens (including phenoxy) is 1. The van der Waals surface area contributed by atoms with E-state index in [0.717, 1.165) is 11.1 Å². The van der Waals surface area contributed by atoms with Crippen molar-refractivity contribution in [3.05, 3.63) is 62.2 Å². The van der Waals surface area contributed by atoms with Gasteiger partial charge in [-0.25, -0.2) is 0 Å². The molecule has 1 aromatic carbocycles. The zero-order chi connectivity index (χ0) is 25.9. The first kappa shape index (κ1) is 24.8. The number of phenolic OH excluding ortho intramolecular Hbond substituents is 1. The molecule has 4 rings (SSSR count). The summed E-state index contributed by atoms with van der Waals surface area (Å²) in [5.41, 5.74) is -0.343. The largest absolute Gasteiger partial charge is 0.507 e. The molecular weight excluding hydrogens is 448 g/mol. The highest BCUT2D eigenvalue weighted by molar-refractivity contribution is 6.08. The van der Waals surface area contributed by atoms with Gasteiger partial charge in [-0.3, -0.25) is 9.59 Å². The molecular formula is C28H32O7. The molecule has 1 aliphatic heterocycles. The smallest absolute Gasteiger partial charge is 0.208 e. The molecule has 1 atom stereocenters. The Bertz CT molecular complexity index is 1360. The molecule has 7 nitrogen and oxygen atoms in total. The van der Waals surface area contributed by atoms with Gasteiger partial charge in [0.25, 0.3) is 0 Å². The number of carbonyl (C=O) groups is 1. The van der Waals surface area contributed by atoms with E-state index in [9.17, 15) is 24.9 Å². The van der Waals surface area contributed by atoms with Gasteiger partial charge in [-0.2, -0.15) is 0 Å². The number of hydrogen-bond acceptors (Lipinski definition) is 7. The van der Waals surface area contributed by atoms with Crippen molar-refractivity contribution >= 4 is 22.8 Å². The Morgan fingerprint density at radius 2 is 1.69 bits per heavy atom. The molecule has 0 fully saturated rings. The highest BCUT2D eigenvalue weighted by Crippen LogP contribution is 2.46. The summed E-state index contributed by atoms with van der Waals surface area (Å²) in [6.07, 6.45) is 4.54. The molecule has 3 N–H and O–H groups in total. The molecule has 0 amide bonds. The van der Waals surface area contributed by atoms with Gasteiger partial charge in [0.1, 0.15) is 33.8 Å². The highest BCUT2D eigenvalue weighted by Gasteiger charge is 2.48. The van der Waals surface area contributed by atoms with Gasteiger partial charge in [0.15, 0.2) is 5.76 Å². The number of carbonyl (C=O) groups excluding carboxylic acids is 1. The van der Waals surface area contributed by atoms with Gasteiger partial charge in [-0.15, -0.1) is 0 Å². The fourth-order valence-corrected chi connectivity index (χ4v) is 4.78. The lowest BCUT2D eigenvalue weighted by Crippen LogP contribution is -2.47. The van der Waals surface area contributed by atoms with Crippen LogP contribution in [0.5, 0.6) is 11.5 Å². The van der Waals surface area contributed by atoms with E-state index in [1.165, 1.54) is 12.1 Å². The molecule has 2 aromatic rings. The van der Waals surface area contributed by atoms with Crippen LogP contribution in [0.1, 0.15) is 71.3 Å². The number of benzene rings is 1. The van der Waals surface area contributed by atoms with E-state index in [-0.39, 0.29) is 53.1 Å². The van der Waals surface area contributed by atoms with Crippen LogP contribution < -0.4 is 10.2 Å². The SMILES string of the molecule is CC(C)=CCC1(CC=C(C)C)C(=O)C(O)=Cc2oc3cc(O)c4c(c3c(=O)c21)OC(C)(C)[C@@H](O)C4. The van der Waals surface area contributed by atoms with Crippen LogP contribution in [-0.4, -0.2) is 32.8 Å². The van der Waals surface area contributed by atoms with E-state index in [0.29, 0.717) is 5.56 Å². The fourth-order valence-electron chi connectivity index (χ4n) is 4.78. The quantitative estimate of drug-likeness (QED) is 0.527. The number of rotatable bonds is 4. The zero-order valence-electron chi connectivity index (χ0n) is 21.0. The normalized spacial score (nSPS) is 19.8. The second kappa shape index (κ2) is 8.41. The minimum Gasteiger partial charge on any atom is -0.507 e. The van der Waals surface area contributed by atoms with E-state index >= 15 is 0 Å².